The van der Waals surface area contributed by atoms with Gasteiger partial charge in [-0.05, 0) is 56.9 Å². The highest BCUT2D eigenvalue weighted by Crippen LogP contribution is 2.36. The summed E-state index contributed by atoms with van der Waals surface area (Å²) in [5.41, 5.74) is 1.42. The number of likely N-dealkylation sites (N-methyl/N-ethyl adjacent to an activating group) is 1. The number of anilines is 1. The fourth-order valence-electron chi connectivity index (χ4n) is 4.11. The van der Waals surface area contributed by atoms with Crippen LogP contribution in [0.25, 0.3) is 11.3 Å². The van der Waals surface area contributed by atoms with E-state index in [2.05, 4.69) is 27.3 Å². The number of carbonyl (C=O) groups excluding carboxylic acids is 1. The molecule has 1 fully saturated rings. The molecule has 0 unspecified atom stereocenters. The molecule has 3 aromatic rings. The second kappa shape index (κ2) is 11.2. The van der Waals surface area contributed by atoms with Gasteiger partial charge in [0.1, 0.15) is 24.0 Å². The Morgan fingerprint density at radius 1 is 1.11 bits per heavy atom. The Kier molecular flexibility index (Phi) is 8.00. The molecule has 7 nitrogen and oxygen atoms in total. The lowest BCUT2D eigenvalue weighted by atomic mass is 10.1. The predicted molar refractivity (Wildman–Crippen MR) is 132 cm³/mol. The van der Waals surface area contributed by atoms with Gasteiger partial charge in [0.05, 0.1) is 22.5 Å². The van der Waals surface area contributed by atoms with Crippen molar-refractivity contribution >= 4 is 23.2 Å². The molecule has 1 aromatic heterocycles. The first-order valence-electron chi connectivity index (χ1n) is 11.4. The lowest BCUT2D eigenvalue weighted by Gasteiger charge is -2.21. The van der Waals surface area contributed by atoms with Crippen LogP contribution in [0, 0.1) is 11.6 Å². The van der Waals surface area contributed by atoms with Crippen LogP contribution in [0.5, 0.6) is 5.75 Å². The molecule has 0 atom stereocenters. The maximum Gasteiger partial charge on any atom is 0.258 e. The van der Waals surface area contributed by atoms with E-state index < -0.39 is 17.5 Å². The highest BCUT2D eigenvalue weighted by atomic mass is 35.5. The summed E-state index contributed by atoms with van der Waals surface area (Å²) in [6.45, 7) is 5.41. The van der Waals surface area contributed by atoms with E-state index in [1.165, 1.54) is 6.20 Å². The van der Waals surface area contributed by atoms with Crippen molar-refractivity contribution < 1.29 is 18.3 Å². The molecule has 2 heterocycles. The van der Waals surface area contributed by atoms with Crippen molar-refractivity contribution in [2.24, 2.45) is 7.05 Å². The van der Waals surface area contributed by atoms with E-state index in [-0.39, 0.29) is 5.56 Å². The number of aromatic nitrogens is 2. The van der Waals surface area contributed by atoms with Gasteiger partial charge in [0.2, 0.25) is 0 Å². The maximum atomic E-state index is 14.1. The smallest absolute Gasteiger partial charge is 0.258 e. The van der Waals surface area contributed by atoms with Gasteiger partial charge in [0.15, 0.2) is 0 Å². The van der Waals surface area contributed by atoms with E-state index in [4.69, 9.17) is 16.3 Å². The first-order chi connectivity index (χ1) is 16.8. The van der Waals surface area contributed by atoms with Gasteiger partial charge in [-0.1, -0.05) is 11.6 Å². The number of carbonyl (C=O) groups is 1. The minimum atomic E-state index is -0.933. The average Bonchev–Trinajstić information content (AvgIpc) is 3.01. The van der Waals surface area contributed by atoms with Gasteiger partial charge in [0, 0.05) is 44.0 Å². The Balaban J connectivity index is 1.53. The van der Waals surface area contributed by atoms with Gasteiger partial charge in [-0.25, -0.2) is 8.78 Å². The molecule has 0 saturated carbocycles. The summed E-state index contributed by atoms with van der Waals surface area (Å²) in [6.07, 6.45) is 2.66. The number of ether oxygens (including phenoxy) is 1. The van der Waals surface area contributed by atoms with Crippen molar-refractivity contribution in [3.63, 3.8) is 0 Å². The normalized spacial score (nSPS) is 15.1. The van der Waals surface area contributed by atoms with Crippen LogP contribution in [0.3, 0.4) is 0 Å². The van der Waals surface area contributed by atoms with Crippen molar-refractivity contribution in [2.45, 2.75) is 6.42 Å². The average molecular weight is 504 g/mol. The molecule has 2 aromatic carbocycles. The quantitative estimate of drug-likeness (QED) is 0.521. The van der Waals surface area contributed by atoms with Crippen LogP contribution in [0.4, 0.5) is 14.5 Å². The van der Waals surface area contributed by atoms with Gasteiger partial charge in [-0.3, -0.25) is 14.4 Å². The molecule has 1 N–H and O–H groups in total. The van der Waals surface area contributed by atoms with E-state index in [0.717, 1.165) is 51.3 Å². The molecule has 1 amide bonds. The van der Waals surface area contributed by atoms with Crippen molar-refractivity contribution in [1.82, 2.24) is 19.6 Å². The number of benzene rings is 2. The third-order valence-electron chi connectivity index (χ3n) is 6.04. The number of nitrogens with one attached hydrogen (secondary N) is 1. The second-order valence-electron chi connectivity index (χ2n) is 8.60. The summed E-state index contributed by atoms with van der Waals surface area (Å²) in [5, 5.41) is 7.30. The van der Waals surface area contributed by atoms with Crippen LogP contribution >= 0.6 is 11.6 Å². The first kappa shape index (κ1) is 25.1. The van der Waals surface area contributed by atoms with Crippen LogP contribution in [-0.4, -0.2) is 71.9 Å². The minimum absolute atomic E-state index is 0.255. The molecule has 0 spiro atoms. The number of nitrogens with zero attached hydrogens (tertiary/aromatic N) is 4. The molecule has 4 rings (SSSR count). The monoisotopic (exact) mass is 503 g/mol. The predicted octanol–water partition coefficient (Wildman–Crippen LogP) is 4.29. The van der Waals surface area contributed by atoms with Crippen LogP contribution in [0.2, 0.25) is 5.02 Å². The molecular formula is C25H28ClF2N5O2. The largest absolute Gasteiger partial charge is 0.492 e. The minimum Gasteiger partial charge on any atom is -0.492 e. The zero-order valence-corrected chi connectivity index (χ0v) is 20.5. The third-order valence-corrected chi connectivity index (χ3v) is 6.32. The molecular weight excluding hydrogens is 476 g/mol. The van der Waals surface area contributed by atoms with Gasteiger partial charge < -0.3 is 15.0 Å². The molecule has 10 heteroatoms. The number of hydrogen-bond donors (Lipinski definition) is 1. The van der Waals surface area contributed by atoms with Crippen molar-refractivity contribution in [2.75, 3.05) is 51.7 Å². The molecule has 1 saturated heterocycles. The Morgan fingerprint density at radius 2 is 1.94 bits per heavy atom. The topological polar surface area (TPSA) is 62.6 Å². The Morgan fingerprint density at radius 3 is 2.69 bits per heavy atom. The summed E-state index contributed by atoms with van der Waals surface area (Å²) in [4.78, 5) is 17.3. The Bertz CT molecular complexity index is 1180. The molecule has 1 aliphatic rings. The van der Waals surface area contributed by atoms with E-state index in [9.17, 15) is 13.6 Å². The fraction of sp³-hybridized carbons (Fsp3) is 0.360. The van der Waals surface area contributed by atoms with Gasteiger partial charge >= 0.3 is 0 Å². The number of aryl methyl sites for hydroxylation is 1. The zero-order chi connectivity index (χ0) is 24.9. The molecule has 0 radical (unpaired) electrons. The van der Waals surface area contributed by atoms with Crippen LogP contribution in [0.1, 0.15) is 16.8 Å². The van der Waals surface area contributed by atoms with Crippen LogP contribution in [0.15, 0.2) is 42.6 Å². The summed E-state index contributed by atoms with van der Waals surface area (Å²) in [7, 11) is 3.90. The van der Waals surface area contributed by atoms with E-state index >= 15 is 0 Å². The van der Waals surface area contributed by atoms with E-state index in [0.29, 0.717) is 40.4 Å². The molecule has 1 aliphatic heterocycles. The third kappa shape index (κ3) is 6.17. The van der Waals surface area contributed by atoms with Crippen molar-refractivity contribution in [1.29, 1.82) is 0 Å². The van der Waals surface area contributed by atoms with Gasteiger partial charge in [-0.15, -0.1) is 0 Å². The zero-order valence-electron chi connectivity index (χ0n) is 19.7. The van der Waals surface area contributed by atoms with Crippen molar-refractivity contribution in [3.05, 3.63) is 64.8 Å². The number of amides is 1. The summed E-state index contributed by atoms with van der Waals surface area (Å²) < 4.78 is 35.0. The lowest BCUT2D eigenvalue weighted by Crippen LogP contribution is -2.32. The van der Waals surface area contributed by atoms with Gasteiger partial charge in [0.25, 0.3) is 5.91 Å². The SMILES string of the molecule is CN1CCCN(CCOc2ccc(NC(=O)c3ccc(F)cc3F)cc2-c2c(Cl)cnn2C)CC1. The number of rotatable bonds is 7. The molecule has 35 heavy (non-hydrogen) atoms. The number of hydrogen-bond acceptors (Lipinski definition) is 5. The standard InChI is InChI=1S/C25H28ClF2N5O2/c1-31-8-3-9-33(11-10-31)12-13-35-23-7-5-18(15-20(23)24-21(26)16-29-32(24)2)30-25(34)19-6-4-17(27)14-22(19)28/h4-7,14-16H,3,8-13H2,1-2H3,(H,30,34). The number of halogens is 3. The lowest BCUT2D eigenvalue weighted by molar-refractivity contribution is 0.102. The van der Waals surface area contributed by atoms with E-state index in [1.807, 2.05) is 0 Å². The summed E-state index contributed by atoms with van der Waals surface area (Å²) >= 11 is 6.40. The first-order valence-corrected chi connectivity index (χ1v) is 11.8. The van der Waals surface area contributed by atoms with E-state index in [1.54, 1.807) is 29.9 Å². The fourth-order valence-corrected chi connectivity index (χ4v) is 4.38. The molecule has 0 aliphatic carbocycles. The van der Waals surface area contributed by atoms with Crippen LogP contribution < -0.4 is 10.1 Å². The van der Waals surface area contributed by atoms with Crippen LogP contribution in [-0.2, 0) is 7.05 Å². The highest BCUT2D eigenvalue weighted by molar-refractivity contribution is 6.33. The molecule has 0 bridgehead atoms. The second-order valence-corrected chi connectivity index (χ2v) is 9.01. The van der Waals surface area contributed by atoms with Crippen molar-refractivity contribution in [3.8, 4) is 17.0 Å². The Labute approximate surface area is 208 Å². The summed E-state index contributed by atoms with van der Waals surface area (Å²) in [5.74, 6) is -1.78. The summed E-state index contributed by atoms with van der Waals surface area (Å²) in [6, 6.07) is 7.94. The Hall–Kier alpha value is -3.01. The maximum absolute atomic E-state index is 14.1. The molecule has 186 valence electrons. The highest BCUT2D eigenvalue weighted by Gasteiger charge is 2.19. The van der Waals surface area contributed by atoms with Gasteiger partial charge in [-0.2, -0.15) is 5.10 Å².